The summed E-state index contributed by atoms with van der Waals surface area (Å²) >= 11 is 0. The molecule has 0 atom stereocenters. The lowest BCUT2D eigenvalue weighted by Gasteiger charge is -2.05. The van der Waals surface area contributed by atoms with Crippen molar-refractivity contribution < 1.29 is 14.6 Å². The van der Waals surface area contributed by atoms with E-state index in [1.807, 2.05) is 6.07 Å². The number of benzene rings is 1. The van der Waals surface area contributed by atoms with Crippen molar-refractivity contribution in [3.8, 4) is 6.07 Å². The van der Waals surface area contributed by atoms with Crippen molar-refractivity contribution in [3.63, 3.8) is 0 Å². The van der Waals surface area contributed by atoms with Gasteiger partial charge < -0.3 is 9.84 Å². The summed E-state index contributed by atoms with van der Waals surface area (Å²) in [6.07, 6.45) is 0.0858. The maximum absolute atomic E-state index is 11.3. The number of rotatable bonds is 4. The number of esters is 1. The molecule has 4 heteroatoms. The fourth-order valence-corrected chi connectivity index (χ4v) is 1.35. The number of nitriles is 1. The Balaban J connectivity index is 2.88. The second-order valence-corrected chi connectivity index (χ2v) is 3.24. The molecule has 0 aliphatic heterocycles. The SMILES string of the molecule is CCOC(=O)Cc1ccc(CO)cc1C#N. The van der Waals surface area contributed by atoms with Crippen molar-refractivity contribution in [3.05, 3.63) is 34.9 Å². The minimum Gasteiger partial charge on any atom is -0.466 e. The van der Waals surface area contributed by atoms with Gasteiger partial charge in [-0.15, -0.1) is 0 Å². The van der Waals surface area contributed by atoms with Crippen molar-refractivity contribution >= 4 is 5.97 Å². The second kappa shape index (κ2) is 5.89. The van der Waals surface area contributed by atoms with Gasteiger partial charge in [-0.25, -0.2) is 0 Å². The molecule has 0 heterocycles. The largest absolute Gasteiger partial charge is 0.466 e. The van der Waals surface area contributed by atoms with Gasteiger partial charge in [0.2, 0.25) is 0 Å². The van der Waals surface area contributed by atoms with Crippen LogP contribution in [0, 0.1) is 11.3 Å². The number of carbonyl (C=O) groups excluding carboxylic acids is 1. The zero-order valence-corrected chi connectivity index (χ0v) is 9.06. The van der Waals surface area contributed by atoms with E-state index in [1.54, 1.807) is 25.1 Å². The van der Waals surface area contributed by atoms with Crippen LogP contribution in [0.2, 0.25) is 0 Å². The van der Waals surface area contributed by atoms with Crippen LogP contribution < -0.4 is 0 Å². The van der Waals surface area contributed by atoms with E-state index in [2.05, 4.69) is 0 Å². The van der Waals surface area contributed by atoms with Gasteiger partial charge in [-0.3, -0.25) is 4.79 Å². The monoisotopic (exact) mass is 219 g/mol. The van der Waals surface area contributed by atoms with Crippen LogP contribution in [0.3, 0.4) is 0 Å². The topological polar surface area (TPSA) is 70.3 Å². The fraction of sp³-hybridized carbons (Fsp3) is 0.333. The number of ether oxygens (including phenoxy) is 1. The Kier molecular flexibility index (Phi) is 4.49. The minimum atomic E-state index is -0.351. The van der Waals surface area contributed by atoms with Crippen molar-refractivity contribution in [2.24, 2.45) is 0 Å². The zero-order valence-electron chi connectivity index (χ0n) is 9.06. The minimum absolute atomic E-state index is 0.0858. The Morgan fingerprint density at radius 3 is 2.88 bits per heavy atom. The molecule has 4 nitrogen and oxygen atoms in total. The van der Waals surface area contributed by atoms with Crippen LogP contribution in [-0.4, -0.2) is 17.7 Å². The number of hydrogen-bond donors (Lipinski definition) is 1. The highest BCUT2D eigenvalue weighted by Crippen LogP contribution is 2.12. The van der Waals surface area contributed by atoms with E-state index in [-0.39, 0.29) is 19.0 Å². The molecular weight excluding hydrogens is 206 g/mol. The standard InChI is InChI=1S/C12H13NO3/c1-2-16-12(15)6-10-4-3-9(8-14)5-11(10)7-13/h3-5,14H,2,6,8H2,1H3. The maximum atomic E-state index is 11.3. The molecule has 0 saturated heterocycles. The summed E-state index contributed by atoms with van der Waals surface area (Å²) in [6, 6.07) is 6.93. The molecule has 0 fully saturated rings. The van der Waals surface area contributed by atoms with Gasteiger partial charge in [-0.05, 0) is 24.1 Å². The highest BCUT2D eigenvalue weighted by molar-refractivity contribution is 5.73. The number of hydrogen-bond acceptors (Lipinski definition) is 4. The Morgan fingerprint density at radius 2 is 2.31 bits per heavy atom. The van der Waals surface area contributed by atoms with Crippen LogP contribution in [0.1, 0.15) is 23.6 Å². The van der Waals surface area contributed by atoms with Crippen molar-refractivity contribution in [1.29, 1.82) is 5.26 Å². The van der Waals surface area contributed by atoms with E-state index in [0.29, 0.717) is 23.3 Å². The van der Waals surface area contributed by atoms with Crippen molar-refractivity contribution in [2.75, 3.05) is 6.61 Å². The summed E-state index contributed by atoms with van der Waals surface area (Å²) in [6.45, 7) is 1.95. The first-order valence-electron chi connectivity index (χ1n) is 4.99. The van der Waals surface area contributed by atoms with Gasteiger partial charge in [0, 0.05) is 0 Å². The average Bonchev–Trinajstić information content (AvgIpc) is 2.30. The normalized spacial score (nSPS) is 9.56. The van der Waals surface area contributed by atoms with E-state index < -0.39 is 0 Å². The third kappa shape index (κ3) is 3.07. The smallest absolute Gasteiger partial charge is 0.310 e. The van der Waals surface area contributed by atoms with E-state index in [4.69, 9.17) is 15.1 Å². The van der Waals surface area contributed by atoms with Crippen LogP contribution in [0.5, 0.6) is 0 Å². The third-order valence-corrected chi connectivity index (χ3v) is 2.12. The first kappa shape index (κ1) is 12.2. The molecule has 1 rings (SSSR count). The molecule has 0 radical (unpaired) electrons. The van der Waals surface area contributed by atoms with Gasteiger partial charge in [0.15, 0.2) is 0 Å². The number of nitrogens with zero attached hydrogens (tertiary/aromatic N) is 1. The molecular formula is C12H13NO3. The average molecular weight is 219 g/mol. The molecule has 0 unspecified atom stereocenters. The Bertz CT molecular complexity index is 421. The lowest BCUT2D eigenvalue weighted by atomic mass is 10.0. The molecule has 1 aromatic rings. The summed E-state index contributed by atoms with van der Waals surface area (Å²) in [5.74, 6) is -0.351. The Labute approximate surface area is 94.1 Å². The van der Waals surface area contributed by atoms with Gasteiger partial charge in [-0.1, -0.05) is 12.1 Å². The van der Waals surface area contributed by atoms with Crippen LogP contribution in [0.4, 0.5) is 0 Å². The van der Waals surface area contributed by atoms with E-state index in [1.165, 1.54) is 0 Å². The summed E-state index contributed by atoms with van der Waals surface area (Å²) in [5, 5.41) is 17.8. The van der Waals surface area contributed by atoms with Crippen LogP contribution in [0.15, 0.2) is 18.2 Å². The molecule has 0 aromatic heterocycles. The molecule has 0 saturated carbocycles. The van der Waals surface area contributed by atoms with Gasteiger partial charge in [0.05, 0.1) is 31.3 Å². The molecule has 0 spiro atoms. The number of aliphatic hydroxyl groups excluding tert-OH is 1. The molecule has 0 bridgehead atoms. The summed E-state index contributed by atoms with van der Waals surface area (Å²) in [7, 11) is 0. The van der Waals surface area contributed by atoms with Gasteiger partial charge >= 0.3 is 5.97 Å². The highest BCUT2D eigenvalue weighted by Gasteiger charge is 2.09. The fourth-order valence-electron chi connectivity index (χ4n) is 1.35. The van der Waals surface area contributed by atoms with Gasteiger partial charge in [-0.2, -0.15) is 5.26 Å². The third-order valence-electron chi connectivity index (χ3n) is 2.12. The molecule has 0 amide bonds. The summed E-state index contributed by atoms with van der Waals surface area (Å²) < 4.78 is 4.80. The zero-order chi connectivity index (χ0) is 12.0. The molecule has 1 aromatic carbocycles. The van der Waals surface area contributed by atoms with Crippen molar-refractivity contribution in [1.82, 2.24) is 0 Å². The first-order chi connectivity index (χ1) is 7.71. The quantitative estimate of drug-likeness (QED) is 0.771. The summed E-state index contributed by atoms with van der Waals surface area (Å²) in [4.78, 5) is 11.3. The second-order valence-electron chi connectivity index (χ2n) is 3.24. The van der Waals surface area contributed by atoms with E-state index in [0.717, 1.165) is 0 Å². The predicted molar refractivity (Wildman–Crippen MR) is 57.4 cm³/mol. The van der Waals surface area contributed by atoms with E-state index in [9.17, 15) is 4.79 Å². The highest BCUT2D eigenvalue weighted by atomic mass is 16.5. The van der Waals surface area contributed by atoms with E-state index >= 15 is 0 Å². The predicted octanol–water partition coefficient (Wildman–Crippen LogP) is 1.16. The summed E-state index contributed by atoms with van der Waals surface area (Å²) in [5.41, 5.74) is 1.68. The van der Waals surface area contributed by atoms with Gasteiger partial charge in [0.1, 0.15) is 0 Å². The maximum Gasteiger partial charge on any atom is 0.310 e. The number of aliphatic hydroxyl groups is 1. The molecule has 0 aliphatic carbocycles. The molecule has 1 N–H and O–H groups in total. The lowest BCUT2D eigenvalue weighted by Crippen LogP contribution is -2.08. The number of carbonyl (C=O) groups is 1. The van der Waals surface area contributed by atoms with Crippen LogP contribution in [-0.2, 0) is 22.6 Å². The Morgan fingerprint density at radius 1 is 1.56 bits per heavy atom. The molecule has 16 heavy (non-hydrogen) atoms. The van der Waals surface area contributed by atoms with Crippen LogP contribution in [0.25, 0.3) is 0 Å². The van der Waals surface area contributed by atoms with Crippen LogP contribution >= 0.6 is 0 Å². The molecule has 84 valence electrons. The molecule has 0 aliphatic rings. The van der Waals surface area contributed by atoms with Gasteiger partial charge in [0.25, 0.3) is 0 Å². The first-order valence-corrected chi connectivity index (χ1v) is 4.99. The lowest BCUT2D eigenvalue weighted by molar-refractivity contribution is -0.142. The van der Waals surface area contributed by atoms with Crippen molar-refractivity contribution in [2.45, 2.75) is 20.0 Å². The Hall–Kier alpha value is -1.86.